The summed E-state index contributed by atoms with van der Waals surface area (Å²) in [5, 5.41) is 4.07. The molecule has 0 radical (unpaired) electrons. The highest BCUT2D eigenvalue weighted by Gasteiger charge is 2.01. The number of aromatic nitrogens is 4. The Labute approximate surface area is 81.6 Å². The fourth-order valence-electron chi connectivity index (χ4n) is 1.21. The molecule has 0 aliphatic rings. The zero-order chi connectivity index (χ0) is 9.97. The van der Waals surface area contributed by atoms with Crippen molar-refractivity contribution in [3.63, 3.8) is 0 Å². The molecule has 0 atom stereocenters. The van der Waals surface area contributed by atoms with E-state index in [1.807, 2.05) is 13.1 Å². The summed E-state index contributed by atoms with van der Waals surface area (Å²) in [6, 6.07) is 1.76. The summed E-state index contributed by atoms with van der Waals surface area (Å²) < 4.78 is 1.74. The van der Waals surface area contributed by atoms with Crippen LogP contribution < -0.4 is 5.73 Å². The monoisotopic (exact) mass is 189 g/mol. The van der Waals surface area contributed by atoms with E-state index in [1.54, 1.807) is 23.1 Å². The number of nitrogen functional groups attached to an aromatic ring is 1. The van der Waals surface area contributed by atoms with E-state index in [0.717, 1.165) is 11.4 Å². The largest absolute Gasteiger partial charge is 0.382 e. The predicted octanol–water partition coefficient (Wildman–Crippen LogP) is 0.612. The lowest BCUT2D eigenvalue weighted by Crippen LogP contribution is -2.05. The van der Waals surface area contributed by atoms with Crippen molar-refractivity contribution < 1.29 is 0 Å². The zero-order valence-corrected chi connectivity index (χ0v) is 7.88. The first kappa shape index (κ1) is 8.68. The van der Waals surface area contributed by atoms with E-state index in [2.05, 4.69) is 15.1 Å². The van der Waals surface area contributed by atoms with Gasteiger partial charge >= 0.3 is 0 Å². The summed E-state index contributed by atoms with van der Waals surface area (Å²) in [4.78, 5) is 8.37. The maximum atomic E-state index is 5.50. The Balaban J connectivity index is 2.23. The first-order valence-corrected chi connectivity index (χ1v) is 4.31. The van der Waals surface area contributed by atoms with E-state index in [4.69, 9.17) is 5.73 Å². The number of anilines is 1. The maximum Gasteiger partial charge on any atom is 0.145 e. The van der Waals surface area contributed by atoms with Crippen LogP contribution in [0, 0.1) is 6.92 Å². The fourth-order valence-corrected chi connectivity index (χ4v) is 1.21. The van der Waals surface area contributed by atoms with Gasteiger partial charge < -0.3 is 5.73 Å². The van der Waals surface area contributed by atoms with Gasteiger partial charge in [0.1, 0.15) is 5.82 Å². The molecule has 0 aromatic carbocycles. The number of hydrogen-bond donors (Lipinski definition) is 1. The highest BCUT2D eigenvalue weighted by molar-refractivity contribution is 5.24. The third-order valence-electron chi connectivity index (χ3n) is 1.96. The second kappa shape index (κ2) is 3.45. The van der Waals surface area contributed by atoms with Gasteiger partial charge in [0.05, 0.1) is 17.9 Å². The van der Waals surface area contributed by atoms with Crippen LogP contribution >= 0.6 is 0 Å². The van der Waals surface area contributed by atoms with Crippen molar-refractivity contribution in [1.29, 1.82) is 0 Å². The van der Waals surface area contributed by atoms with Crippen molar-refractivity contribution >= 4 is 5.82 Å². The van der Waals surface area contributed by atoms with E-state index in [0.29, 0.717) is 12.4 Å². The van der Waals surface area contributed by atoms with Gasteiger partial charge in [0.15, 0.2) is 0 Å². The highest BCUT2D eigenvalue weighted by atomic mass is 15.3. The zero-order valence-electron chi connectivity index (χ0n) is 7.88. The van der Waals surface area contributed by atoms with Crippen molar-refractivity contribution in [3.8, 4) is 0 Å². The molecule has 72 valence electrons. The summed E-state index contributed by atoms with van der Waals surface area (Å²) in [7, 11) is 0. The number of hydrogen-bond acceptors (Lipinski definition) is 4. The average Bonchev–Trinajstić information content (AvgIpc) is 2.56. The minimum absolute atomic E-state index is 0.520. The van der Waals surface area contributed by atoms with E-state index in [1.165, 1.54) is 0 Å². The molecule has 0 aliphatic carbocycles. The van der Waals surface area contributed by atoms with Gasteiger partial charge in [-0.2, -0.15) is 5.10 Å². The third kappa shape index (κ3) is 1.71. The van der Waals surface area contributed by atoms with E-state index >= 15 is 0 Å². The molecule has 0 amide bonds. The maximum absolute atomic E-state index is 5.50. The van der Waals surface area contributed by atoms with Gasteiger partial charge in [0.2, 0.25) is 0 Å². The van der Waals surface area contributed by atoms with Crippen LogP contribution in [0.5, 0.6) is 0 Å². The number of aryl methyl sites for hydroxylation is 1. The molecular formula is C9H11N5. The standard InChI is InChI=1S/C9H11N5/c1-7-8(12-4-3-11-7)6-14-5-2-9(10)13-14/h2-5H,6H2,1H3,(H2,10,13). The first-order valence-electron chi connectivity index (χ1n) is 4.31. The molecule has 0 saturated heterocycles. The van der Waals surface area contributed by atoms with Crippen molar-refractivity contribution in [3.05, 3.63) is 36.0 Å². The SMILES string of the molecule is Cc1nccnc1Cn1ccc(N)n1. The lowest BCUT2D eigenvalue weighted by molar-refractivity contribution is 0.668. The van der Waals surface area contributed by atoms with Crippen LogP contribution in [0.2, 0.25) is 0 Å². The topological polar surface area (TPSA) is 69.6 Å². The van der Waals surface area contributed by atoms with Gasteiger partial charge in [-0.1, -0.05) is 0 Å². The molecule has 0 unspecified atom stereocenters. The lowest BCUT2D eigenvalue weighted by Gasteiger charge is -2.02. The molecule has 2 N–H and O–H groups in total. The lowest BCUT2D eigenvalue weighted by atomic mass is 10.3. The van der Waals surface area contributed by atoms with Crippen molar-refractivity contribution in [2.24, 2.45) is 0 Å². The van der Waals surface area contributed by atoms with Crippen molar-refractivity contribution in [2.45, 2.75) is 13.5 Å². The smallest absolute Gasteiger partial charge is 0.145 e. The van der Waals surface area contributed by atoms with E-state index in [-0.39, 0.29) is 0 Å². The minimum Gasteiger partial charge on any atom is -0.382 e. The second-order valence-electron chi connectivity index (χ2n) is 3.03. The average molecular weight is 189 g/mol. The van der Waals surface area contributed by atoms with Gasteiger partial charge in [-0.25, -0.2) is 0 Å². The fraction of sp³-hybridized carbons (Fsp3) is 0.222. The summed E-state index contributed by atoms with van der Waals surface area (Å²) >= 11 is 0. The van der Waals surface area contributed by atoms with Crippen LogP contribution in [-0.2, 0) is 6.54 Å². The van der Waals surface area contributed by atoms with Crippen molar-refractivity contribution in [1.82, 2.24) is 19.7 Å². The Hall–Kier alpha value is -1.91. The van der Waals surface area contributed by atoms with Crippen LogP contribution in [0.3, 0.4) is 0 Å². The summed E-state index contributed by atoms with van der Waals surface area (Å²) in [6.07, 6.45) is 5.18. The number of nitrogens with two attached hydrogens (primary N) is 1. The van der Waals surface area contributed by atoms with E-state index < -0.39 is 0 Å². The molecule has 2 rings (SSSR count). The molecule has 2 heterocycles. The summed E-state index contributed by atoms with van der Waals surface area (Å²) in [6.45, 7) is 2.53. The summed E-state index contributed by atoms with van der Waals surface area (Å²) in [5.41, 5.74) is 7.33. The number of nitrogens with zero attached hydrogens (tertiary/aromatic N) is 4. The molecule has 0 bridgehead atoms. The first-order chi connectivity index (χ1) is 6.75. The van der Waals surface area contributed by atoms with Gasteiger partial charge in [-0.15, -0.1) is 0 Å². The molecule has 2 aromatic rings. The Morgan fingerprint density at radius 2 is 2.14 bits per heavy atom. The number of rotatable bonds is 2. The molecule has 14 heavy (non-hydrogen) atoms. The molecule has 0 aliphatic heterocycles. The quantitative estimate of drug-likeness (QED) is 0.751. The van der Waals surface area contributed by atoms with Crippen LogP contribution in [0.1, 0.15) is 11.4 Å². The van der Waals surface area contributed by atoms with Gasteiger partial charge in [0, 0.05) is 18.6 Å². The molecule has 0 fully saturated rings. The van der Waals surface area contributed by atoms with Gasteiger partial charge in [-0.3, -0.25) is 14.6 Å². The molecule has 5 heteroatoms. The van der Waals surface area contributed by atoms with Crippen LogP contribution in [0.4, 0.5) is 5.82 Å². The van der Waals surface area contributed by atoms with Gasteiger partial charge in [-0.05, 0) is 13.0 Å². The second-order valence-corrected chi connectivity index (χ2v) is 3.03. The van der Waals surface area contributed by atoms with E-state index in [9.17, 15) is 0 Å². The Morgan fingerprint density at radius 3 is 2.79 bits per heavy atom. The Bertz CT molecular complexity index is 434. The molecule has 2 aromatic heterocycles. The third-order valence-corrected chi connectivity index (χ3v) is 1.96. The van der Waals surface area contributed by atoms with Crippen LogP contribution in [0.15, 0.2) is 24.7 Å². The van der Waals surface area contributed by atoms with Crippen LogP contribution in [-0.4, -0.2) is 19.7 Å². The minimum atomic E-state index is 0.520. The summed E-state index contributed by atoms with van der Waals surface area (Å²) in [5.74, 6) is 0.520. The van der Waals surface area contributed by atoms with Crippen molar-refractivity contribution in [2.75, 3.05) is 5.73 Å². The molecule has 0 saturated carbocycles. The normalized spacial score (nSPS) is 10.4. The predicted molar refractivity (Wildman–Crippen MR) is 52.5 cm³/mol. The Kier molecular flexibility index (Phi) is 2.14. The van der Waals surface area contributed by atoms with Crippen LogP contribution in [0.25, 0.3) is 0 Å². The molecular weight excluding hydrogens is 178 g/mol. The van der Waals surface area contributed by atoms with Gasteiger partial charge in [0.25, 0.3) is 0 Å². The molecule has 5 nitrogen and oxygen atoms in total. The Morgan fingerprint density at radius 1 is 1.36 bits per heavy atom. The molecule has 0 spiro atoms. The highest BCUT2D eigenvalue weighted by Crippen LogP contribution is 2.03.